The predicted octanol–water partition coefficient (Wildman–Crippen LogP) is 2.70. The first kappa shape index (κ1) is 8.22. The van der Waals surface area contributed by atoms with Crippen molar-refractivity contribution in [2.45, 2.75) is 31.1 Å². The molecule has 1 heteroatoms. The summed E-state index contributed by atoms with van der Waals surface area (Å²) in [5.74, 6) is 0.844. The Hall–Kier alpha value is -1.11. The topological polar surface area (TPSA) is 17.1 Å². The molecule has 0 N–H and O–H groups in total. The molecule has 2 aliphatic carbocycles. The van der Waals surface area contributed by atoms with Gasteiger partial charge in [-0.2, -0.15) is 0 Å². The Morgan fingerprint density at radius 3 is 2.71 bits per heavy atom. The third-order valence-corrected chi connectivity index (χ3v) is 4.01. The van der Waals surface area contributed by atoms with E-state index in [1.807, 2.05) is 6.07 Å². The van der Waals surface area contributed by atoms with Crippen LogP contribution in [0.15, 0.2) is 30.3 Å². The van der Waals surface area contributed by atoms with Gasteiger partial charge in [0, 0.05) is 17.8 Å². The molecule has 72 valence electrons. The Morgan fingerprint density at radius 1 is 1.21 bits per heavy atom. The first-order valence-electron chi connectivity index (χ1n) is 5.41. The van der Waals surface area contributed by atoms with E-state index < -0.39 is 0 Å². The van der Waals surface area contributed by atoms with Crippen molar-refractivity contribution >= 4 is 5.78 Å². The number of Topliss-reactive ketones (excluding diaryl/α,β-unsaturated/α-hetero) is 1. The molecule has 0 heterocycles. The summed E-state index contributed by atoms with van der Waals surface area (Å²) in [6, 6.07) is 10.6. The summed E-state index contributed by atoms with van der Waals surface area (Å²) in [7, 11) is 0. The van der Waals surface area contributed by atoms with E-state index in [4.69, 9.17) is 0 Å². The molecule has 1 aromatic rings. The zero-order valence-corrected chi connectivity index (χ0v) is 8.20. The molecule has 2 atom stereocenters. The van der Waals surface area contributed by atoms with Gasteiger partial charge in [-0.25, -0.2) is 0 Å². The number of carbonyl (C=O) groups is 1. The van der Waals surface area contributed by atoms with Crippen LogP contribution in [-0.2, 0) is 10.2 Å². The van der Waals surface area contributed by atoms with Gasteiger partial charge in [0.2, 0.25) is 0 Å². The molecule has 2 fully saturated rings. The van der Waals surface area contributed by atoms with Crippen molar-refractivity contribution in [1.29, 1.82) is 0 Å². The van der Waals surface area contributed by atoms with Crippen LogP contribution in [0.3, 0.4) is 0 Å². The van der Waals surface area contributed by atoms with Crippen molar-refractivity contribution in [3.8, 4) is 0 Å². The van der Waals surface area contributed by atoms with Crippen LogP contribution in [-0.4, -0.2) is 5.78 Å². The highest BCUT2D eigenvalue weighted by Crippen LogP contribution is 2.56. The number of hydrogen-bond acceptors (Lipinski definition) is 1. The fraction of sp³-hybridized carbons (Fsp3) is 0.462. The normalized spacial score (nSPS) is 35.1. The summed E-state index contributed by atoms with van der Waals surface area (Å²) < 4.78 is 0. The molecule has 2 saturated carbocycles. The summed E-state index contributed by atoms with van der Waals surface area (Å²) in [5.41, 5.74) is 1.64. The van der Waals surface area contributed by atoms with Crippen molar-refractivity contribution in [2.24, 2.45) is 5.92 Å². The van der Waals surface area contributed by atoms with Crippen molar-refractivity contribution < 1.29 is 4.79 Å². The summed E-state index contributed by atoms with van der Waals surface area (Å²) >= 11 is 0. The third kappa shape index (κ3) is 0.875. The van der Waals surface area contributed by atoms with E-state index >= 15 is 0 Å². The Labute approximate surface area is 84.1 Å². The van der Waals surface area contributed by atoms with E-state index in [9.17, 15) is 4.79 Å². The quantitative estimate of drug-likeness (QED) is 0.659. The van der Waals surface area contributed by atoms with Crippen molar-refractivity contribution in [3.05, 3.63) is 35.9 Å². The maximum Gasteiger partial charge on any atom is 0.137 e. The Kier molecular flexibility index (Phi) is 1.58. The molecule has 1 nitrogen and oxygen atoms in total. The number of rotatable bonds is 1. The van der Waals surface area contributed by atoms with Crippen molar-refractivity contribution in [3.63, 3.8) is 0 Å². The smallest absolute Gasteiger partial charge is 0.137 e. The molecule has 0 radical (unpaired) electrons. The molecule has 3 rings (SSSR count). The lowest BCUT2D eigenvalue weighted by Crippen LogP contribution is -2.48. The van der Waals surface area contributed by atoms with Crippen LogP contribution in [0.25, 0.3) is 0 Å². The molecule has 0 amide bonds. The Balaban J connectivity index is 2.02. The lowest BCUT2D eigenvalue weighted by Gasteiger charge is -2.44. The second-order valence-corrected chi connectivity index (χ2v) is 4.61. The summed E-state index contributed by atoms with van der Waals surface area (Å²) in [4.78, 5) is 11.5. The first-order valence-corrected chi connectivity index (χ1v) is 5.41. The van der Waals surface area contributed by atoms with Gasteiger partial charge in [0.15, 0.2) is 0 Å². The third-order valence-electron chi connectivity index (χ3n) is 4.01. The SMILES string of the molecule is O=C1CC2(c3ccccc3)CCCC12. The molecule has 0 bridgehead atoms. The lowest BCUT2D eigenvalue weighted by atomic mass is 9.58. The molecule has 1 aromatic carbocycles. The van der Waals surface area contributed by atoms with Gasteiger partial charge in [-0.05, 0) is 18.4 Å². The maximum atomic E-state index is 11.5. The van der Waals surface area contributed by atoms with Crippen LogP contribution >= 0.6 is 0 Å². The molecular formula is C13H14O. The summed E-state index contributed by atoms with van der Waals surface area (Å²) in [6.45, 7) is 0. The maximum absolute atomic E-state index is 11.5. The zero-order valence-electron chi connectivity index (χ0n) is 8.20. The average Bonchev–Trinajstić information content (AvgIpc) is 2.57. The monoisotopic (exact) mass is 186 g/mol. The van der Waals surface area contributed by atoms with Crippen LogP contribution < -0.4 is 0 Å². The molecule has 0 aliphatic heterocycles. The molecule has 0 saturated heterocycles. The average molecular weight is 186 g/mol. The molecule has 2 aliphatic rings. The van der Waals surface area contributed by atoms with E-state index in [-0.39, 0.29) is 5.41 Å². The molecule has 0 aromatic heterocycles. The molecular weight excluding hydrogens is 172 g/mol. The number of benzene rings is 1. The van der Waals surface area contributed by atoms with Gasteiger partial charge < -0.3 is 0 Å². The van der Waals surface area contributed by atoms with Crippen LogP contribution in [0.4, 0.5) is 0 Å². The minimum Gasteiger partial charge on any atom is -0.299 e. The Bertz CT molecular complexity index is 368. The van der Waals surface area contributed by atoms with Crippen LogP contribution in [0.5, 0.6) is 0 Å². The van der Waals surface area contributed by atoms with Crippen molar-refractivity contribution in [2.75, 3.05) is 0 Å². The van der Waals surface area contributed by atoms with Crippen LogP contribution in [0.2, 0.25) is 0 Å². The molecule has 0 spiro atoms. The highest BCUT2D eigenvalue weighted by Gasteiger charge is 2.56. The largest absolute Gasteiger partial charge is 0.299 e. The number of carbonyl (C=O) groups excluding carboxylic acids is 1. The fourth-order valence-corrected chi connectivity index (χ4v) is 3.27. The van der Waals surface area contributed by atoms with E-state index in [1.165, 1.54) is 18.4 Å². The second-order valence-electron chi connectivity index (χ2n) is 4.61. The van der Waals surface area contributed by atoms with Gasteiger partial charge in [-0.3, -0.25) is 4.79 Å². The van der Waals surface area contributed by atoms with Gasteiger partial charge in [-0.15, -0.1) is 0 Å². The van der Waals surface area contributed by atoms with Gasteiger partial charge in [0.25, 0.3) is 0 Å². The predicted molar refractivity (Wildman–Crippen MR) is 55.1 cm³/mol. The number of hydrogen-bond donors (Lipinski definition) is 0. The van der Waals surface area contributed by atoms with Crippen molar-refractivity contribution in [1.82, 2.24) is 0 Å². The summed E-state index contributed by atoms with van der Waals surface area (Å²) in [6.07, 6.45) is 4.36. The lowest BCUT2D eigenvalue weighted by molar-refractivity contribution is -0.134. The van der Waals surface area contributed by atoms with Gasteiger partial charge in [0.05, 0.1) is 0 Å². The molecule has 2 unspecified atom stereocenters. The minimum absolute atomic E-state index is 0.248. The second kappa shape index (κ2) is 2.69. The minimum atomic E-state index is 0.248. The van der Waals surface area contributed by atoms with E-state index in [0.29, 0.717) is 11.7 Å². The van der Waals surface area contributed by atoms with E-state index in [0.717, 1.165) is 12.8 Å². The standard InChI is InChI=1S/C13H14O/c14-12-9-13(8-4-7-11(12)13)10-5-2-1-3-6-10/h1-3,5-6,11H,4,7-9H2. The number of ketones is 1. The first-order chi connectivity index (χ1) is 6.83. The van der Waals surface area contributed by atoms with E-state index in [2.05, 4.69) is 24.3 Å². The molecule has 14 heavy (non-hydrogen) atoms. The van der Waals surface area contributed by atoms with E-state index in [1.54, 1.807) is 0 Å². The highest BCUT2D eigenvalue weighted by molar-refractivity contribution is 5.92. The van der Waals surface area contributed by atoms with Crippen LogP contribution in [0.1, 0.15) is 31.2 Å². The van der Waals surface area contributed by atoms with Crippen LogP contribution in [0, 0.1) is 5.92 Å². The highest BCUT2D eigenvalue weighted by atomic mass is 16.1. The fourth-order valence-electron chi connectivity index (χ4n) is 3.27. The van der Waals surface area contributed by atoms with Gasteiger partial charge in [0.1, 0.15) is 5.78 Å². The number of fused-ring (bicyclic) bond motifs is 1. The Morgan fingerprint density at radius 2 is 2.00 bits per heavy atom. The summed E-state index contributed by atoms with van der Waals surface area (Å²) in [5, 5.41) is 0. The van der Waals surface area contributed by atoms with Gasteiger partial charge >= 0.3 is 0 Å². The zero-order chi connectivity index (χ0) is 9.60. The van der Waals surface area contributed by atoms with Gasteiger partial charge in [-0.1, -0.05) is 36.8 Å².